The van der Waals surface area contributed by atoms with Crippen LogP contribution in [-0.2, 0) is 0 Å². The first-order valence-corrected chi connectivity index (χ1v) is 7.03. The molecule has 1 fully saturated rings. The first kappa shape index (κ1) is 13.6. The van der Waals surface area contributed by atoms with Crippen molar-refractivity contribution < 1.29 is 9.90 Å². The van der Waals surface area contributed by atoms with E-state index in [0.29, 0.717) is 11.2 Å². The number of halogens is 1. The zero-order valence-electron chi connectivity index (χ0n) is 10.4. The number of hydrogen-bond donors (Lipinski definition) is 1. The molecule has 2 heterocycles. The molecule has 0 amide bonds. The van der Waals surface area contributed by atoms with Gasteiger partial charge in [-0.05, 0) is 26.9 Å². The summed E-state index contributed by atoms with van der Waals surface area (Å²) in [6, 6.07) is 0.307. The fourth-order valence-electron chi connectivity index (χ4n) is 2.20. The minimum atomic E-state index is -1.01. The van der Waals surface area contributed by atoms with Crippen molar-refractivity contribution in [3.05, 3.63) is 10.0 Å². The van der Waals surface area contributed by atoms with Gasteiger partial charge in [-0.3, -0.25) is 0 Å². The smallest absolute Gasteiger partial charge is 0.349 e. The van der Waals surface area contributed by atoms with Crippen LogP contribution in [0.5, 0.6) is 0 Å². The van der Waals surface area contributed by atoms with E-state index in [1.165, 1.54) is 0 Å². The third-order valence-corrected chi connectivity index (χ3v) is 4.53. The number of carboxylic acid groups (broad SMARTS) is 1. The van der Waals surface area contributed by atoms with Gasteiger partial charge in [-0.25, -0.2) is 9.78 Å². The van der Waals surface area contributed by atoms with Crippen molar-refractivity contribution in [3.8, 4) is 0 Å². The molecular formula is C11H16ClN3O2S. The van der Waals surface area contributed by atoms with Crippen molar-refractivity contribution in [1.82, 2.24) is 9.88 Å². The van der Waals surface area contributed by atoms with E-state index in [4.69, 9.17) is 16.7 Å². The molecule has 5 nitrogen and oxygen atoms in total. The van der Waals surface area contributed by atoms with Gasteiger partial charge < -0.3 is 14.9 Å². The zero-order valence-corrected chi connectivity index (χ0v) is 12.0. The Balaban J connectivity index is 2.24. The molecule has 0 aromatic carbocycles. The zero-order chi connectivity index (χ0) is 13.3. The van der Waals surface area contributed by atoms with Gasteiger partial charge >= 0.3 is 5.97 Å². The van der Waals surface area contributed by atoms with Crippen LogP contribution in [-0.4, -0.2) is 53.7 Å². The summed E-state index contributed by atoms with van der Waals surface area (Å²) in [4.78, 5) is 19.7. The summed E-state index contributed by atoms with van der Waals surface area (Å²) in [7, 11) is 2.09. The third kappa shape index (κ3) is 2.76. The normalized spacial score (nSPS) is 21.9. The second-order valence-electron chi connectivity index (χ2n) is 4.58. The van der Waals surface area contributed by atoms with E-state index < -0.39 is 5.97 Å². The van der Waals surface area contributed by atoms with Crippen LogP contribution in [0.3, 0.4) is 0 Å². The lowest BCUT2D eigenvalue weighted by Gasteiger charge is -2.27. The maximum absolute atomic E-state index is 11.0. The SMILES string of the molecule is CC1CN(C)CCCN1c1nc(Cl)c(C(=O)O)s1. The molecule has 1 atom stereocenters. The van der Waals surface area contributed by atoms with Gasteiger partial charge in [0.2, 0.25) is 0 Å². The van der Waals surface area contributed by atoms with E-state index in [1.54, 1.807) is 0 Å². The number of likely N-dealkylation sites (N-methyl/N-ethyl adjacent to an activating group) is 1. The van der Waals surface area contributed by atoms with E-state index in [2.05, 4.69) is 28.8 Å². The molecule has 1 unspecified atom stereocenters. The molecule has 100 valence electrons. The summed E-state index contributed by atoms with van der Waals surface area (Å²) in [5.41, 5.74) is 0. The van der Waals surface area contributed by atoms with E-state index in [0.717, 1.165) is 37.4 Å². The van der Waals surface area contributed by atoms with Crippen molar-refractivity contribution in [3.63, 3.8) is 0 Å². The standard InChI is InChI=1S/C11H16ClN3O2S/c1-7-6-14(2)4-3-5-15(7)11-13-9(12)8(18-11)10(16)17/h7H,3-6H2,1-2H3,(H,16,17). The lowest BCUT2D eigenvalue weighted by atomic mass is 10.3. The van der Waals surface area contributed by atoms with Crippen molar-refractivity contribution in [2.45, 2.75) is 19.4 Å². The first-order chi connectivity index (χ1) is 8.49. The van der Waals surface area contributed by atoms with Crippen molar-refractivity contribution in [2.75, 3.05) is 31.6 Å². The summed E-state index contributed by atoms with van der Waals surface area (Å²) in [6.07, 6.45) is 1.04. The third-order valence-electron chi connectivity index (χ3n) is 3.06. The van der Waals surface area contributed by atoms with E-state index >= 15 is 0 Å². The molecule has 1 N–H and O–H groups in total. The second kappa shape index (κ2) is 5.42. The number of carbonyl (C=O) groups is 1. The Bertz CT molecular complexity index is 451. The molecule has 18 heavy (non-hydrogen) atoms. The average molecular weight is 290 g/mol. The highest BCUT2D eigenvalue weighted by molar-refractivity contribution is 7.18. The molecule has 1 aliphatic heterocycles. The first-order valence-electron chi connectivity index (χ1n) is 5.84. The number of anilines is 1. The Morgan fingerprint density at radius 2 is 2.28 bits per heavy atom. The molecule has 1 aromatic heterocycles. The molecular weight excluding hydrogens is 274 g/mol. The summed E-state index contributed by atoms with van der Waals surface area (Å²) >= 11 is 7.01. The summed E-state index contributed by atoms with van der Waals surface area (Å²) in [5, 5.41) is 9.80. The number of rotatable bonds is 2. The lowest BCUT2D eigenvalue weighted by molar-refractivity contribution is 0.0702. The van der Waals surface area contributed by atoms with E-state index in [-0.39, 0.29) is 10.0 Å². The molecule has 1 aromatic rings. The topological polar surface area (TPSA) is 56.7 Å². The minimum absolute atomic E-state index is 0.0901. The highest BCUT2D eigenvalue weighted by atomic mass is 35.5. The lowest BCUT2D eigenvalue weighted by Crippen LogP contribution is -2.37. The number of hydrogen-bond acceptors (Lipinski definition) is 5. The van der Waals surface area contributed by atoms with Crippen LogP contribution in [0.25, 0.3) is 0 Å². The van der Waals surface area contributed by atoms with Gasteiger partial charge in [-0.15, -0.1) is 0 Å². The van der Waals surface area contributed by atoms with Crippen LogP contribution in [0.2, 0.25) is 5.15 Å². The van der Waals surface area contributed by atoms with Crippen LogP contribution < -0.4 is 4.90 Å². The molecule has 0 radical (unpaired) electrons. The largest absolute Gasteiger partial charge is 0.477 e. The van der Waals surface area contributed by atoms with Crippen LogP contribution in [0, 0.1) is 0 Å². The molecule has 0 saturated carbocycles. The monoisotopic (exact) mass is 289 g/mol. The predicted molar refractivity (Wildman–Crippen MR) is 73.0 cm³/mol. The maximum Gasteiger partial charge on any atom is 0.349 e. The van der Waals surface area contributed by atoms with Crippen LogP contribution in [0.15, 0.2) is 0 Å². The number of carboxylic acids is 1. The van der Waals surface area contributed by atoms with Crippen LogP contribution >= 0.6 is 22.9 Å². The number of nitrogens with zero attached hydrogens (tertiary/aromatic N) is 3. The van der Waals surface area contributed by atoms with E-state index in [1.807, 2.05) is 0 Å². The van der Waals surface area contributed by atoms with Crippen molar-refractivity contribution in [2.24, 2.45) is 0 Å². The van der Waals surface area contributed by atoms with Gasteiger partial charge in [0.05, 0.1) is 0 Å². The van der Waals surface area contributed by atoms with Gasteiger partial charge in [-0.2, -0.15) is 0 Å². The highest BCUT2D eigenvalue weighted by Crippen LogP contribution is 2.31. The predicted octanol–water partition coefficient (Wildman–Crippen LogP) is 2.03. The summed E-state index contributed by atoms with van der Waals surface area (Å²) in [5.74, 6) is -1.01. The summed E-state index contributed by atoms with van der Waals surface area (Å²) < 4.78 is 0. The van der Waals surface area contributed by atoms with Crippen LogP contribution in [0.4, 0.5) is 5.13 Å². The average Bonchev–Trinajstić information content (AvgIpc) is 2.57. The molecule has 0 spiro atoms. The van der Waals surface area contributed by atoms with Gasteiger partial charge in [0, 0.05) is 19.1 Å². The Kier molecular flexibility index (Phi) is 4.09. The number of thiazole rings is 1. The molecule has 2 rings (SSSR count). The fourth-order valence-corrected chi connectivity index (χ4v) is 3.45. The van der Waals surface area contributed by atoms with Crippen molar-refractivity contribution >= 4 is 34.0 Å². The van der Waals surface area contributed by atoms with Gasteiger partial charge in [-0.1, -0.05) is 22.9 Å². The maximum atomic E-state index is 11.0. The van der Waals surface area contributed by atoms with Gasteiger partial charge in [0.15, 0.2) is 15.2 Å². The summed E-state index contributed by atoms with van der Waals surface area (Å²) in [6.45, 7) is 5.00. The minimum Gasteiger partial charge on any atom is -0.477 e. The molecule has 0 bridgehead atoms. The molecule has 1 aliphatic rings. The highest BCUT2D eigenvalue weighted by Gasteiger charge is 2.25. The van der Waals surface area contributed by atoms with E-state index in [9.17, 15) is 4.79 Å². The Morgan fingerprint density at radius 3 is 2.89 bits per heavy atom. The number of aromatic carboxylic acids is 1. The fraction of sp³-hybridized carbons (Fsp3) is 0.636. The quantitative estimate of drug-likeness (QED) is 0.903. The molecule has 1 saturated heterocycles. The number of aromatic nitrogens is 1. The van der Waals surface area contributed by atoms with Crippen molar-refractivity contribution in [1.29, 1.82) is 0 Å². The van der Waals surface area contributed by atoms with Gasteiger partial charge in [0.1, 0.15) is 0 Å². The Hall–Kier alpha value is -0.850. The Morgan fingerprint density at radius 1 is 1.56 bits per heavy atom. The second-order valence-corrected chi connectivity index (χ2v) is 5.92. The molecule has 7 heteroatoms. The molecule has 0 aliphatic carbocycles. The Labute approximate surface area is 115 Å². The van der Waals surface area contributed by atoms with Gasteiger partial charge in [0.25, 0.3) is 0 Å². The van der Waals surface area contributed by atoms with Crippen LogP contribution in [0.1, 0.15) is 23.0 Å².